The highest BCUT2D eigenvalue weighted by Gasteiger charge is 1.89. The average Bonchev–Trinajstić information content (AvgIpc) is 2.19. The molecule has 0 amide bonds. The molecule has 1 heterocycles. The van der Waals surface area contributed by atoms with Gasteiger partial charge < -0.3 is 0 Å². The second-order valence-corrected chi connectivity index (χ2v) is 2.67. The van der Waals surface area contributed by atoms with Gasteiger partial charge in [-0.25, -0.2) is 0 Å². The largest absolute Gasteiger partial charge is 0.113 e. The summed E-state index contributed by atoms with van der Waals surface area (Å²) >= 11 is 1.62. The molecule has 0 nitrogen and oxygen atoms in total. The van der Waals surface area contributed by atoms with Gasteiger partial charge in [0.25, 0.3) is 0 Å². The average molecular weight is 178 g/mol. The first-order chi connectivity index (χ1) is 5.93. The van der Waals surface area contributed by atoms with Crippen molar-refractivity contribution in [3.8, 4) is 11.8 Å². The second kappa shape index (κ2) is 8.27. The molecule has 12 heavy (non-hydrogen) atoms. The van der Waals surface area contributed by atoms with Crippen molar-refractivity contribution in [1.29, 1.82) is 0 Å². The Bertz CT molecular complexity index is 254. The molecule has 1 heteroatoms. The fourth-order valence-electron chi connectivity index (χ4n) is 0.547. The third-order valence-corrected chi connectivity index (χ3v) is 1.72. The number of hydrogen-bond acceptors (Lipinski definition) is 1. The molecule has 0 aromatic heterocycles. The standard InChI is InChI=1S/C9H8S.C2H6/c1-2-3-6-9-7-4-5-8-10-9;1-2/h4,7-8H,2H2,1H3;1-2H3. The highest BCUT2D eigenvalue weighted by molar-refractivity contribution is 8.06. The first-order valence-corrected chi connectivity index (χ1v) is 5.08. The summed E-state index contributed by atoms with van der Waals surface area (Å²) in [6, 6.07) is 0. The van der Waals surface area contributed by atoms with E-state index in [1.165, 1.54) is 0 Å². The minimum Gasteiger partial charge on any atom is -0.113 e. The van der Waals surface area contributed by atoms with Crippen LogP contribution in [0.4, 0.5) is 0 Å². The molecule has 0 unspecified atom stereocenters. The highest BCUT2D eigenvalue weighted by atomic mass is 32.2. The third kappa shape index (κ3) is 4.91. The first-order valence-electron chi connectivity index (χ1n) is 4.20. The van der Waals surface area contributed by atoms with Crippen LogP contribution in [0.25, 0.3) is 0 Å². The van der Waals surface area contributed by atoms with E-state index in [2.05, 4.69) is 17.6 Å². The molecular weight excluding hydrogens is 164 g/mol. The van der Waals surface area contributed by atoms with Crippen LogP contribution < -0.4 is 0 Å². The van der Waals surface area contributed by atoms with Crippen molar-refractivity contribution in [1.82, 2.24) is 0 Å². The van der Waals surface area contributed by atoms with Gasteiger partial charge in [-0.3, -0.25) is 0 Å². The van der Waals surface area contributed by atoms with Gasteiger partial charge in [-0.05, 0) is 12.2 Å². The van der Waals surface area contributed by atoms with Gasteiger partial charge in [0, 0.05) is 11.8 Å². The summed E-state index contributed by atoms with van der Waals surface area (Å²) in [4.78, 5) is 1.11. The summed E-state index contributed by atoms with van der Waals surface area (Å²) in [5.74, 6) is 6.05. The van der Waals surface area contributed by atoms with E-state index in [1.807, 2.05) is 38.3 Å². The fraction of sp³-hybridized carbons (Fsp3) is 0.364. The van der Waals surface area contributed by atoms with Gasteiger partial charge in [-0.15, -0.1) is 5.73 Å². The maximum Gasteiger partial charge on any atom is 0.0627 e. The molecule has 0 spiro atoms. The summed E-state index contributed by atoms with van der Waals surface area (Å²) < 4.78 is 0. The lowest BCUT2D eigenvalue weighted by atomic mass is 10.4. The van der Waals surface area contributed by atoms with E-state index in [4.69, 9.17) is 0 Å². The minimum absolute atomic E-state index is 0.922. The van der Waals surface area contributed by atoms with Gasteiger partial charge in [0.15, 0.2) is 0 Å². The van der Waals surface area contributed by atoms with Crippen molar-refractivity contribution in [2.75, 3.05) is 0 Å². The number of hydrogen-bond donors (Lipinski definition) is 0. The quantitative estimate of drug-likeness (QED) is 0.402. The zero-order valence-corrected chi connectivity index (χ0v) is 8.66. The Morgan fingerprint density at radius 3 is 2.75 bits per heavy atom. The Morgan fingerprint density at radius 1 is 1.50 bits per heavy atom. The predicted octanol–water partition coefficient (Wildman–Crippen LogP) is 3.73. The summed E-state index contributed by atoms with van der Waals surface area (Å²) in [7, 11) is 0. The molecular formula is C11H14S. The van der Waals surface area contributed by atoms with Crippen LogP contribution in [0.1, 0.15) is 27.2 Å². The minimum atomic E-state index is 0.922. The SMILES string of the molecule is CC.CCC#CC1=CC=C=CS1. The molecule has 1 aliphatic heterocycles. The highest BCUT2D eigenvalue weighted by Crippen LogP contribution is 2.17. The monoisotopic (exact) mass is 178 g/mol. The Morgan fingerprint density at radius 2 is 2.25 bits per heavy atom. The summed E-state index contributed by atoms with van der Waals surface area (Å²) in [5.41, 5.74) is 2.96. The fourth-order valence-corrected chi connectivity index (χ4v) is 1.10. The topological polar surface area (TPSA) is 0 Å². The molecule has 1 aliphatic rings. The molecule has 0 aromatic rings. The molecule has 0 bridgehead atoms. The van der Waals surface area contributed by atoms with E-state index in [0.717, 1.165) is 11.3 Å². The van der Waals surface area contributed by atoms with E-state index < -0.39 is 0 Å². The van der Waals surface area contributed by atoms with Crippen LogP contribution in [-0.2, 0) is 0 Å². The van der Waals surface area contributed by atoms with Crippen molar-refractivity contribution in [2.45, 2.75) is 27.2 Å². The summed E-state index contributed by atoms with van der Waals surface area (Å²) in [5, 5.41) is 1.92. The van der Waals surface area contributed by atoms with Crippen molar-refractivity contribution >= 4 is 11.8 Å². The van der Waals surface area contributed by atoms with Crippen LogP contribution in [0, 0.1) is 11.8 Å². The van der Waals surface area contributed by atoms with E-state index in [1.54, 1.807) is 11.8 Å². The Kier molecular flexibility index (Phi) is 7.70. The summed E-state index contributed by atoms with van der Waals surface area (Å²) in [6.07, 6.45) is 4.79. The van der Waals surface area contributed by atoms with E-state index in [9.17, 15) is 0 Å². The first kappa shape index (κ1) is 11.2. The van der Waals surface area contributed by atoms with Gasteiger partial charge in [0.2, 0.25) is 0 Å². The van der Waals surface area contributed by atoms with Crippen LogP contribution in [0.2, 0.25) is 0 Å². The van der Waals surface area contributed by atoms with Crippen LogP contribution in [0.5, 0.6) is 0 Å². The lowest BCUT2D eigenvalue weighted by Crippen LogP contribution is -1.69. The molecule has 0 fully saturated rings. The molecule has 0 saturated heterocycles. The van der Waals surface area contributed by atoms with Crippen molar-refractivity contribution in [3.05, 3.63) is 28.2 Å². The Hall–Kier alpha value is -0.830. The van der Waals surface area contributed by atoms with E-state index in [-0.39, 0.29) is 0 Å². The Balaban J connectivity index is 0.000000561. The Labute approximate surface area is 79.4 Å². The number of allylic oxidation sites excluding steroid dienone is 3. The lowest BCUT2D eigenvalue weighted by Gasteiger charge is -1.91. The predicted molar refractivity (Wildman–Crippen MR) is 57.7 cm³/mol. The number of thioether (sulfide) groups is 1. The van der Waals surface area contributed by atoms with Crippen molar-refractivity contribution < 1.29 is 0 Å². The third-order valence-electron chi connectivity index (χ3n) is 0.973. The zero-order chi connectivity index (χ0) is 9.23. The van der Waals surface area contributed by atoms with Gasteiger partial charge in [0.05, 0.1) is 4.91 Å². The molecule has 0 saturated carbocycles. The van der Waals surface area contributed by atoms with Crippen molar-refractivity contribution in [2.24, 2.45) is 0 Å². The van der Waals surface area contributed by atoms with E-state index in [0.29, 0.717) is 0 Å². The number of rotatable bonds is 0. The zero-order valence-electron chi connectivity index (χ0n) is 7.85. The van der Waals surface area contributed by atoms with E-state index >= 15 is 0 Å². The van der Waals surface area contributed by atoms with Gasteiger partial charge >= 0.3 is 0 Å². The normalized spacial score (nSPS) is 12.1. The molecule has 0 radical (unpaired) electrons. The van der Waals surface area contributed by atoms with Crippen LogP contribution in [-0.4, -0.2) is 0 Å². The molecule has 0 aromatic carbocycles. The molecule has 0 atom stereocenters. The molecule has 1 rings (SSSR count). The van der Waals surface area contributed by atoms with Crippen LogP contribution in [0.15, 0.2) is 28.2 Å². The lowest BCUT2D eigenvalue weighted by molar-refractivity contribution is 1.28. The maximum absolute atomic E-state index is 3.04. The van der Waals surface area contributed by atoms with Gasteiger partial charge in [-0.2, -0.15) is 0 Å². The van der Waals surface area contributed by atoms with Crippen LogP contribution in [0.3, 0.4) is 0 Å². The van der Waals surface area contributed by atoms with Gasteiger partial charge in [-0.1, -0.05) is 44.4 Å². The van der Waals surface area contributed by atoms with Crippen LogP contribution >= 0.6 is 11.8 Å². The molecule has 64 valence electrons. The second-order valence-electron chi connectivity index (χ2n) is 1.76. The summed E-state index contributed by atoms with van der Waals surface area (Å²) in [6.45, 7) is 6.05. The molecule has 0 N–H and O–H groups in total. The smallest absolute Gasteiger partial charge is 0.0627 e. The molecule has 0 aliphatic carbocycles. The maximum atomic E-state index is 3.04. The van der Waals surface area contributed by atoms with Crippen molar-refractivity contribution in [3.63, 3.8) is 0 Å². The van der Waals surface area contributed by atoms with Gasteiger partial charge in [0.1, 0.15) is 0 Å².